The molecule has 4 nitrogen and oxygen atoms in total. The van der Waals surface area contributed by atoms with E-state index in [0.29, 0.717) is 0 Å². The lowest BCUT2D eigenvalue weighted by molar-refractivity contribution is 0.632. The molecule has 0 fully saturated rings. The number of halogens is 1. The zero-order chi connectivity index (χ0) is 6.85. The van der Waals surface area contributed by atoms with Crippen LogP contribution in [0.2, 0.25) is 0 Å². The first kappa shape index (κ1) is 9.39. The molecule has 1 unspecified atom stereocenters. The molecule has 2 N–H and O–H groups in total. The predicted molar refractivity (Wildman–Crippen MR) is 40.9 cm³/mol. The van der Waals surface area contributed by atoms with Crippen molar-refractivity contribution in [3.8, 4) is 0 Å². The Balaban J connectivity index is 0.000000810. The number of rotatable bonds is 1. The van der Waals surface area contributed by atoms with Crippen LogP contribution in [0, 0.1) is 0 Å². The largest absolute Gasteiger partial charge is 0.323 e. The summed E-state index contributed by atoms with van der Waals surface area (Å²) in [4.78, 5) is 1.50. The van der Waals surface area contributed by atoms with Gasteiger partial charge < -0.3 is 5.73 Å². The monoisotopic (exact) mass is 162 g/mol. The maximum absolute atomic E-state index is 5.51. The van der Waals surface area contributed by atoms with E-state index in [1.807, 2.05) is 6.92 Å². The topological polar surface area (TPSA) is 56.7 Å². The van der Waals surface area contributed by atoms with Crippen molar-refractivity contribution in [2.24, 2.45) is 12.8 Å². The van der Waals surface area contributed by atoms with Crippen molar-refractivity contribution in [2.45, 2.75) is 13.0 Å². The van der Waals surface area contributed by atoms with Gasteiger partial charge in [0.25, 0.3) is 0 Å². The van der Waals surface area contributed by atoms with E-state index in [9.17, 15) is 0 Å². The predicted octanol–water partition coefficient (Wildman–Crippen LogP) is 0.257. The van der Waals surface area contributed by atoms with Crippen LogP contribution in [0.4, 0.5) is 0 Å². The average Bonchev–Trinajstić information content (AvgIpc) is 2.14. The second-order valence-electron chi connectivity index (χ2n) is 2.05. The van der Waals surface area contributed by atoms with Crippen LogP contribution in [0.15, 0.2) is 6.20 Å². The molecule has 0 radical (unpaired) electrons. The minimum atomic E-state index is -0.0151. The second-order valence-corrected chi connectivity index (χ2v) is 2.05. The minimum Gasteiger partial charge on any atom is -0.323 e. The Kier molecular flexibility index (Phi) is 3.32. The molecular weight excluding hydrogens is 152 g/mol. The quantitative estimate of drug-likeness (QED) is 0.645. The molecule has 0 aliphatic heterocycles. The molecule has 0 aromatic carbocycles. The molecule has 0 amide bonds. The second kappa shape index (κ2) is 3.53. The van der Waals surface area contributed by atoms with Crippen molar-refractivity contribution in [1.82, 2.24) is 15.0 Å². The molecule has 1 aromatic rings. The van der Waals surface area contributed by atoms with Gasteiger partial charge in [0.05, 0.1) is 11.9 Å². The van der Waals surface area contributed by atoms with E-state index in [0.717, 1.165) is 5.69 Å². The van der Waals surface area contributed by atoms with Gasteiger partial charge in [-0.05, 0) is 6.92 Å². The highest BCUT2D eigenvalue weighted by Gasteiger charge is 2.01. The average molecular weight is 163 g/mol. The molecule has 0 aliphatic carbocycles. The van der Waals surface area contributed by atoms with Crippen LogP contribution in [0.3, 0.4) is 0 Å². The SMILES string of the molecule is CC(N)c1cnn(C)n1.Cl. The standard InChI is InChI=1S/C5H10N4.ClH/c1-4(6)5-3-7-9(2)8-5;/h3-4H,6H2,1-2H3;1H. The van der Waals surface area contributed by atoms with Crippen LogP contribution in [-0.2, 0) is 7.05 Å². The summed E-state index contributed by atoms with van der Waals surface area (Å²) in [5.41, 5.74) is 6.34. The molecule has 0 spiro atoms. The third-order valence-corrected chi connectivity index (χ3v) is 1.08. The van der Waals surface area contributed by atoms with Crippen LogP contribution in [-0.4, -0.2) is 15.0 Å². The van der Waals surface area contributed by atoms with Gasteiger partial charge in [0.2, 0.25) is 0 Å². The van der Waals surface area contributed by atoms with Gasteiger partial charge in [-0.3, -0.25) is 0 Å². The van der Waals surface area contributed by atoms with Crippen molar-refractivity contribution in [1.29, 1.82) is 0 Å². The Labute approximate surface area is 65.8 Å². The van der Waals surface area contributed by atoms with Gasteiger partial charge >= 0.3 is 0 Å². The van der Waals surface area contributed by atoms with Gasteiger partial charge in [0.1, 0.15) is 0 Å². The fourth-order valence-electron chi connectivity index (χ4n) is 0.570. The number of hydrogen-bond acceptors (Lipinski definition) is 3. The number of hydrogen-bond donors (Lipinski definition) is 1. The highest BCUT2D eigenvalue weighted by molar-refractivity contribution is 5.85. The van der Waals surface area contributed by atoms with Crippen molar-refractivity contribution in [3.05, 3.63) is 11.9 Å². The van der Waals surface area contributed by atoms with Gasteiger partial charge in [-0.25, -0.2) is 0 Å². The minimum absolute atomic E-state index is 0. The van der Waals surface area contributed by atoms with Gasteiger partial charge in [-0.1, -0.05) is 0 Å². The first-order chi connectivity index (χ1) is 4.20. The zero-order valence-electron chi connectivity index (χ0n) is 5.98. The molecule has 1 aromatic heterocycles. The molecule has 0 saturated carbocycles. The summed E-state index contributed by atoms with van der Waals surface area (Å²) in [5, 5.41) is 7.85. The number of aromatic nitrogens is 3. The summed E-state index contributed by atoms with van der Waals surface area (Å²) in [5.74, 6) is 0. The fraction of sp³-hybridized carbons (Fsp3) is 0.600. The maximum atomic E-state index is 5.51. The smallest absolute Gasteiger partial charge is 0.0991 e. The van der Waals surface area contributed by atoms with E-state index < -0.39 is 0 Å². The number of nitrogens with zero attached hydrogens (tertiary/aromatic N) is 3. The molecule has 1 atom stereocenters. The molecule has 0 aliphatic rings. The van der Waals surface area contributed by atoms with E-state index >= 15 is 0 Å². The summed E-state index contributed by atoms with van der Waals surface area (Å²) in [6.45, 7) is 1.88. The molecule has 58 valence electrons. The Hall–Kier alpha value is -0.610. The van der Waals surface area contributed by atoms with Crippen LogP contribution in [0.25, 0.3) is 0 Å². The van der Waals surface area contributed by atoms with Gasteiger partial charge in [-0.15, -0.1) is 12.4 Å². The van der Waals surface area contributed by atoms with Crippen molar-refractivity contribution in [2.75, 3.05) is 0 Å². The highest BCUT2D eigenvalue weighted by atomic mass is 35.5. The maximum Gasteiger partial charge on any atom is 0.0991 e. The third kappa shape index (κ3) is 1.97. The Morgan fingerprint density at radius 1 is 1.70 bits per heavy atom. The molecule has 10 heavy (non-hydrogen) atoms. The molecule has 1 heterocycles. The summed E-state index contributed by atoms with van der Waals surface area (Å²) < 4.78 is 0. The summed E-state index contributed by atoms with van der Waals surface area (Å²) in [6, 6.07) is -0.0151. The van der Waals surface area contributed by atoms with Gasteiger partial charge in [0, 0.05) is 13.1 Å². The zero-order valence-corrected chi connectivity index (χ0v) is 6.80. The molecule has 5 heteroatoms. The molecular formula is C5H11ClN4. The van der Waals surface area contributed by atoms with Crippen LogP contribution >= 0.6 is 12.4 Å². The fourth-order valence-corrected chi connectivity index (χ4v) is 0.570. The Morgan fingerprint density at radius 2 is 2.30 bits per heavy atom. The molecule has 1 rings (SSSR count). The van der Waals surface area contributed by atoms with Gasteiger partial charge in [0.15, 0.2) is 0 Å². The Morgan fingerprint density at radius 3 is 2.50 bits per heavy atom. The van der Waals surface area contributed by atoms with E-state index in [-0.39, 0.29) is 18.4 Å². The first-order valence-electron chi connectivity index (χ1n) is 2.82. The van der Waals surface area contributed by atoms with Gasteiger partial charge in [-0.2, -0.15) is 15.0 Å². The van der Waals surface area contributed by atoms with Crippen LogP contribution in [0.5, 0.6) is 0 Å². The molecule has 0 saturated heterocycles. The number of aryl methyl sites for hydroxylation is 1. The summed E-state index contributed by atoms with van der Waals surface area (Å²) >= 11 is 0. The lowest BCUT2D eigenvalue weighted by Gasteiger charge is -1.94. The van der Waals surface area contributed by atoms with Crippen molar-refractivity contribution < 1.29 is 0 Å². The van der Waals surface area contributed by atoms with E-state index in [1.54, 1.807) is 13.2 Å². The van der Waals surface area contributed by atoms with E-state index in [1.165, 1.54) is 4.80 Å². The Bertz CT molecular complexity index is 195. The van der Waals surface area contributed by atoms with Crippen LogP contribution < -0.4 is 5.73 Å². The third-order valence-electron chi connectivity index (χ3n) is 1.08. The van der Waals surface area contributed by atoms with Crippen molar-refractivity contribution in [3.63, 3.8) is 0 Å². The normalized spacial score (nSPS) is 12.3. The number of nitrogens with two attached hydrogens (primary N) is 1. The van der Waals surface area contributed by atoms with E-state index in [2.05, 4.69) is 10.2 Å². The summed E-state index contributed by atoms with van der Waals surface area (Å²) in [6.07, 6.45) is 1.67. The lowest BCUT2D eigenvalue weighted by atomic mass is 10.3. The van der Waals surface area contributed by atoms with Crippen LogP contribution in [0.1, 0.15) is 18.7 Å². The van der Waals surface area contributed by atoms with Crippen molar-refractivity contribution >= 4 is 12.4 Å². The first-order valence-corrected chi connectivity index (χ1v) is 2.82. The summed E-state index contributed by atoms with van der Waals surface area (Å²) in [7, 11) is 1.77. The van der Waals surface area contributed by atoms with E-state index in [4.69, 9.17) is 5.73 Å². The highest BCUT2D eigenvalue weighted by Crippen LogP contribution is 2.00. The lowest BCUT2D eigenvalue weighted by Crippen LogP contribution is -2.06. The molecule has 0 bridgehead atoms.